The molecule has 1 aromatic carbocycles. The number of aryl methyl sites for hydroxylation is 1. The van der Waals surface area contributed by atoms with Crippen LogP contribution in [0.2, 0.25) is 0 Å². The van der Waals surface area contributed by atoms with Gasteiger partial charge in [-0.05, 0) is 58.6 Å². The Labute approximate surface area is 155 Å². The van der Waals surface area contributed by atoms with Gasteiger partial charge in [0.25, 0.3) is 0 Å². The fraction of sp³-hybridized carbons (Fsp3) is 0.579. The van der Waals surface area contributed by atoms with Gasteiger partial charge in [0.1, 0.15) is 5.75 Å². The molecule has 0 aliphatic heterocycles. The van der Waals surface area contributed by atoms with Crippen LogP contribution in [0, 0.1) is 6.92 Å². The topological polar surface area (TPSA) is 96.7 Å². The van der Waals surface area contributed by atoms with E-state index in [0.717, 1.165) is 24.2 Å². The van der Waals surface area contributed by atoms with Crippen LogP contribution in [0.1, 0.15) is 45.6 Å². The molecule has 0 heterocycles. The summed E-state index contributed by atoms with van der Waals surface area (Å²) in [6.07, 6.45) is 2.34. The molecule has 1 aliphatic carbocycles. The Kier molecular flexibility index (Phi) is 6.00. The standard InChI is InChI=1S/C19H30N4O3/c1-12-6-7-14(11-16(12)26-5)22-18(25)21-13-8-9-15(10-13)23(17(20)24)19(2,3)4/h6-7,11,13,15H,8-10H2,1-5H3,(H2,20,24)(H2,21,22,25)/t13-,15+/m1/s1. The number of benzene rings is 1. The van der Waals surface area contributed by atoms with Gasteiger partial charge in [-0.1, -0.05) is 6.07 Å². The van der Waals surface area contributed by atoms with E-state index in [9.17, 15) is 9.59 Å². The van der Waals surface area contributed by atoms with Crippen molar-refractivity contribution in [2.45, 2.75) is 64.6 Å². The highest BCUT2D eigenvalue weighted by atomic mass is 16.5. The molecule has 26 heavy (non-hydrogen) atoms. The van der Waals surface area contributed by atoms with Crippen LogP contribution in [0.25, 0.3) is 0 Å². The van der Waals surface area contributed by atoms with Crippen LogP contribution in [-0.2, 0) is 0 Å². The molecule has 144 valence electrons. The number of hydrogen-bond donors (Lipinski definition) is 3. The van der Waals surface area contributed by atoms with E-state index in [4.69, 9.17) is 10.5 Å². The third kappa shape index (κ3) is 4.80. The van der Waals surface area contributed by atoms with Crippen LogP contribution in [0.5, 0.6) is 5.75 Å². The first-order chi connectivity index (χ1) is 12.1. The van der Waals surface area contributed by atoms with Gasteiger partial charge in [-0.15, -0.1) is 0 Å². The first kappa shape index (κ1) is 19.9. The zero-order valence-electron chi connectivity index (χ0n) is 16.3. The smallest absolute Gasteiger partial charge is 0.319 e. The summed E-state index contributed by atoms with van der Waals surface area (Å²) in [6.45, 7) is 7.85. The number of nitrogens with two attached hydrogens (primary N) is 1. The highest BCUT2D eigenvalue weighted by molar-refractivity contribution is 5.89. The maximum absolute atomic E-state index is 12.3. The molecule has 4 amide bonds. The number of ether oxygens (including phenoxy) is 1. The molecular formula is C19H30N4O3. The van der Waals surface area contributed by atoms with E-state index in [1.54, 1.807) is 18.1 Å². The summed E-state index contributed by atoms with van der Waals surface area (Å²) >= 11 is 0. The Morgan fingerprint density at radius 3 is 2.54 bits per heavy atom. The van der Waals surface area contributed by atoms with E-state index in [1.165, 1.54) is 0 Å². The highest BCUT2D eigenvalue weighted by Crippen LogP contribution is 2.29. The summed E-state index contributed by atoms with van der Waals surface area (Å²) in [5.41, 5.74) is 6.90. The Hall–Kier alpha value is -2.44. The molecule has 0 radical (unpaired) electrons. The largest absolute Gasteiger partial charge is 0.496 e. The van der Waals surface area contributed by atoms with Crippen LogP contribution in [0.4, 0.5) is 15.3 Å². The van der Waals surface area contributed by atoms with Gasteiger partial charge < -0.3 is 26.0 Å². The van der Waals surface area contributed by atoms with E-state index in [-0.39, 0.29) is 23.7 Å². The summed E-state index contributed by atoms with van der Waals surface area (Å²) < 4.78 is 5.27. The predicted octanol–water partition coefficient (Wildman–Crippen LogP) is 3.23. The molecule has 1 fully saturated rings. The van der Waals surface area contributed by atoms with E-state index in [2.05, 4.69) is 10.6 Å². The number of carbonyl (C=O) groups is 2. The molecule has 0 spiro atoms. The third-order valence-corrected chi connectivity index (χ3v) is 4.73. The Morgan fingerprint density at radius 2 is 1.96 bits per heavy atom. The molecule has 1 saturated carbocycles. The molecular weight excluding hydrogens is 332 g/mol. The number of nitrogens with zero attached hydrogens (tertiary/aromatic N) is 1. The first-order valence-electron chi connectivity index (χ1n) is 8.92. The summed E-state index contributed by atoms with van der Waals surface area (Å²) in [5, 5.41) is 5.82. The summed E-state index contributed by atoms with van der Waals surface area (Å²) in [7, 11) is 1.60. The minimum Gasteiger partial charge on any atom is -0.496 e. The molecule has 7 heteroatoms. The van der Waals surface area contributed by atoms with Crippen LogP contribution in [0.3, 0.4) is 0 Å². The molecule has 0 bridgehead atoms. The first-order valence-corrected chi connectivity index (χ1v) is 8.92. The third-order valence-electron chi connectivity index (χ3n) is 4.73. The van der Waals surface area contributed by atoms with Gasteiger partial charge in [-0.3, -0.25) is 0 Å². The van der Waals surface area contributed by atoms with Gasteiger partial charge in [0.05, 0.1) is 7.11 Å². The van der Waals surface area contributed by atoms with Crippen molar-refractivity contribution in [1.29, 1.82) is 0 Å². The van der Waals surface area contributed by atoms with Gasteiger partial charge in [0.15, 0.2) is 0 Å². The summed E-state index contributed by atoms with van der Waals surface area (Å²) in [5.74, 6) is 0.728. The van der Waals surface area contributed by atoms with Crippen molar-refractivity contribution in [1.82, 2.24) is 10.2 Å². The van der Waals surface area contributed by atoms with Crippen molar-refractivity contribution in [2.75, 3.05) is 12.4 Å². The fourth-order valence-electron chi connectivity index (χ4n) is 3.63. The van der Waals surface area contributed by atoms with Gasteiger partial charge in [0.2, 0.25) is 0 Å². The number of anilines is 1. The number of methoxy groups -OCH3 is 1. The average molecular weight is 362 g/mol. The number of hydrogen-bond acceptors (Lipinski definition) is 3. The minimum absolute atomic E-state index is 0.0107. The number of primary amides is 1. The van der Waals surface area contributed by atoms with Crippen molar-refractivity contribution >= 4 is 17.7 Å². The van der Waals surface area contributed by atoms with Crippen LogP contribution in [-0.4, -0.2) is 41.7 Å². The monoisotopic (exact) mass is 362 g/mol. The van der Waals surface area contributed by atoms with E-state index < -0.39 is 6.03 Å². The van der Waals surface area contributed by atoms with E-state index >= 15 is 0 Å². The molecule has 2 atom stereocenters. The zero-order valence-corrected chi connectivity index (χ0v) is 16.3. The number of carbonyl (C=O) groups excluding carboxylic acids is 2. The molecule has 7 nitrogen and oxygen atoms in total. The second-order valence-corrected chi connectivity index (χ2v) is 7.83. The van der Waals surface area contributed by atoms with Crippen molar-refractivity contribution in [3.05, 3.63) is 23.8 Å². The molecule has 1 aliphatic rings. The van der Waals surface area contributed by atoms with Crippen molar-refractivity contribution in [2.24, 2.45) is 5.73 Å². The minimum atomic E-state index is -0.417. The molecule has 0 unspecified atom stereocenters. The number of nitrogens with one attached hydrogen (secondary N) is 2. The highest BCUT2D eigenvalue weighted by Gasteiger charge is 2.37. The Balaban J connectivity index is 1.94. The number of amides is 4. The van der Waals surface area contributed by atoms with Crippen LogP contribution >= 0.6 is 0 Å². The van der Waals surface area contributed by atoms with Crippen molar-refractivity contribution < 1.29 is 14.3 Å². The Morgan fingerprint density at radius 1 is 1.27 bits per heavy atom. The number of rotatable bonds is 4. The fourth-order valence-corrected chi connectivity index (χ4v) is 3.63. The van der Waals surface area contributed by atoms with Crippen molar-refractivity contribution in [3.63, 3.8) is 0 Å². The van der Waals surface area contributed by atoms with Gasteiger partial charge in [-0.2, -0.15) is 0 Å². The predicted molar refractivity (Wildman–Crippen MR) is 102 cm³/mol. The van der Waals surface area contributed by atoms with Crippen LogP contribution in [0.15, 0.2) is 18.2 Å². The van der Waals surface area contributed by atoms with Gasteiger partial charge in [-0.25, -0.2) is 9.59 Å². The molecule has 1 aromatic rings. The second-order valence-electron chi connectivity index (χ2n) is 7.83. The molecule has 4 N–H and O–H groups in total. The summed E-state index contributed by atoms with van der Waals surface area (Å²) in [4.78, 5) is 25.8. The van der Waals surface area contributed by atoms with Gasteiger partial charge >= 0.3 is 12.1 Å². The van der Waals surface area contributed by atoms with Crippen molar-refractivity contribution in [3.8, 4) is 5.75 Å². The zero-order chi connectivity index (χ0) is 19.5. The molecule has 0 saturated heterocycles. The lowest BCUT2D eigenvalue weighted by Crippen LogP contribution is -2.53. The lowest BCUT2D eigenvalue weighted by molar-refractivity contribution is 0.116. The van der Waals surface area contributed by atoms with Gasteiger partial charge in [0, 0.05) is 29.4 Å². The lowest BCUT2D eigenvalue weighted by atomic mass is 10.0. The normalized spacial score (nSPS) is 19.7. The Bertz CT molecular complexity index is 669. The number of urea groups is 2. The lowest BCUT2D eigenvalue weighted by Gasteiger charge is -2.39. The van der Waals surface area contributed by atoms with E-state index in [0.29, 0.717) is 12.1 Å². The molecule has 0 aromatic heterocycles. The maximum atomic E-state index is 12.3. The molecule has 2 rings (SSSR count). The quantitative estimate of drug-likeness (QED) is 0.767. The average Bonchev–Trinajstić information content (AvgIpc) is 2.94. The SMILES string of the molecule is COc1cc(NC(=O)N[C@@H]2CC[C@H](N(C(N)=O)C(C)(C)C)C2)ccc1C. The second kappa shape index (κ2) is 7.85. The maximum Gasteiger partial charge on any atom is 0.319 e. The summed E-state index contributed by atoms with van der Waals surface area (Å²) in [6, 6.07) is 4.90. The van der Waals surface area contributed by atoms with E-state index in [1.807, 2.05) is 39.8 Å². The van der Waals surface area contributed by atoms with Crippen LogP contribution < -0.4 is 21.1 Å².